The van der Waals surface area contributed by atoms with E-state index in [4.69, 9.17) is 19.6 Å². The van der Waals surface area contributed by atoms with E-state index in [1.807, 2.05) is 47.1 Å². The van der Waals surface area contributed by atoms with E-state index in [0.717, 1.165) is 71.7 Å². The smallest absolute Gasteiger partial charge is 0.231 e. The Balaban J connectivity index is 1.55. The minimum absolute atomic E-state index is 0.216. The fourth-order valence-corrected chi connectivity index (χ4v) is 4.19. The summed E-state index contributed by atoms with van der Waals surface area (Å²) in [7, 11) is 2.15. The molecule has 2 aliphatic heterocycles. The van der Waals surface area contributed by atoms with Crippen LogP contribution in [0.15, 0.2) is 54.9 Å². The summed E-state index contributed by atoms with van der Waals surface area (Å²) in [5, 5.41) is 5.00. The first kappa shape index (κ1) is 18.1. The van der Waals surface area contributed by atoms with Crippen LogP contribution in [0.1, 0.15) is 0 Å². The van der Waals surface area contributed by atoms with Crippen LogP contribution in [0.2, 0.25) is 0 Å². The number of rotatable bonds is 3. The molecule has 0 N–H and O–H groups in total. The lowest BCUT2D eigenvalue weighted by Gasteiger charge is -2.33. The topological polar surface area (TPSA) is 68.0 Å². The van der Waals surface area contributed by atoms with E-state index < -0.39 is 0 Å². The average molecular weight is 414 g/mol. The zero-order chi connectivity index (χ0) is 20.8. The van der Waals surface area contributed by atoms with Crippen LogP contribution in [0.25, 0.3) is 28.2 Å². The Morgan fingerprint density at radius 1 is 0.935 bits per heavy atom. The number of nitrogens with zero attached hydrogens (tertiary/aromatic N) is 6. The molecule has 0 radical (unpaired) electrons. The molecule has 0 bridgehead atoms. The summed E-state index contributed by atoms with van der Waals surface area (Å²) in [5.74, 6) is 2.40. The molecule has 0 atom stereocenters. The first-order chi connectivity index (χ1) is 15.3. The van der Waals surface area contributed by atoms with E-state index in [1.54, 1.807) is 6.20 Å². The van der Waals surface area contributed by atoms with Gasteiger partial charge in [-0.25, -0.2) is 9.50 Å². The molecular weight excluding hydrogens is 392 g/mol. The zero-order valence-corrected chi connectivity index (χ0v) is 17.2. The third-order valence-corrected chi connectivity index (χ3v) is 5.88. The fourth-order valence-electron chi connectivity index (χ4n) is 4.19. The number of fused-ring (bicyclic) bond motifs is 2. The second kappa shape index (κ2) is 7.24. The average Bonchev–Trinajstić information content (AvgIpc) is 3.44. The van der Waals surface area contributed by atoms with E-state index in [1.165, 1.54) is 0 Å². The highest BCUT2D eigenvalue weighted by molar-refractivity contribution is 5.85. The van der Waals surface area contributed by atoms with Crippen LogP contribution in [-0.2, 0) is 0 Å². The van der Waals surface area contributed by atoms with Gasteiger partial charge in [0, 0.05) is 49.7 Å². The third-order valence-electron chi connectivity index (χ3n) is 5.88. The number of hydrogen-bond acceptors (Lipinski definition) is 7. The molecule has 0 unspecified atom stereocenters. The number of hydrogen-bond donors (Lipinski definition) is 0. The van der Waals surface area contributed by atoms with Crippen LogP contribution >= 0.6 is 0 Å². The Bertz CT molecular complexity index is 1250. The van der Waals surface area contributed by atoms with Crippen molar-refractivity contribution >= 4 is 11.5 Å². The fraction of sp³-hybridized carbons (Fsp3) is 0.261. The Kier molecular flexibility index (Phi) is 4.24. The number of para-hydroxylation sites is 1. The van der Waals surface area contributed by atoms with Gasteiger partial charge in [0.15, 0.2) is 17.1 Å². The van der Waals surface area contributed by atoms with Crippen molar-refractivity contribution in [2.45, 2.75) is 0 Å². The number of aromatic nitrogens is 4. The lowest BCUT2D eigenvalue weighted by atomic mass is 10.0. The highest BCUT2D eigenvalue weighted by Gasteiger charge is 2.25. The maximum atomic E-state index is 5.78. The van der Waals surface area contributed by atoms with Crippen LogP contribution in [-0.4, -0.2) is 64.5 Å². The summed E-state index contributed by atoms with van der Waals surface area (Å²) in [6.45, 7) is 4.18. The van der Waals surface area contributed by atoms with Crippen molar-refractivity contribution in [3.8, 4) is 34.0 Å². The van der Waals surface area contributed by atoms with Gasteiger partial charge in [-0.15, -0.1) is 5.10 Å². The predicted octanol–water partition coefficient (Wildman–Crippen LogP) is 2.94. The number of ether oxygens (including phenoxy) is 2. The van der Waals surface area contributed by atoms with E-state index in [0.29, 0.717) is 0 Å². The summed E-state index contributed by atoms with van der Waals surface area (Å²) in [6.07, 6.45) is 3.62. The van der Waals surface area contributed by atoms with Crippen LogP contribution in [0.3, 0.4) is 0 Å². The van der Waals surface area contributed by atoms with Crippen molar-refractivity contribution in [1.29, 1.82) is 0 Å². The summed E-state index contributed by atoms with van der Waals surface area (Å²) in [4.78, 5) is 13.9. The van der Waals surface area contributed by atoms with Gasteiger partial charge in [0.1, 0.15) is 17.2 Å². The summed E-state index contributed by atoms with van der Waals surface area (Å²) in [6, 6.07) is 13.9. The minimum atomic E-state index is 0.216. The number of piperazine rings is 1. The number of likely N-dealkylation sites (N-methyl/N-ethyl adjacent to an activating group) is 1. The van der Waals surface area contributed by atoms with Gasteiger partial charge in [0.05, 0.1) is 0 Å². The van der Waals surface area contributed by atoms with Gasteiger partial charge in [-0.05, 0) is 43.4 Å². The van der Waals surface area contributed by atoms with Crippen LogP contribution in [0, 0.1) is 0 Å². The lowest BCUT2D eigenvalue weighted by molar-refractivity contribution is 0.174. The molecule has 0 spiro atoms. The molecule has 1 fully saturated rings. The van der Waals surface area contributed by atoms with Crippen molar-refractivity contribution < 1.29 is 9.47 Å². The Hall–Kier alpha value is -3.65. The molecule has 8 nitrogen and oxygen atoms in total. The second-order valence-corrected chi connectivity index (χ2v) is 7.84. The maximum absolute atomic E-state index is 5.78. The predicted molar refractivity (Wildman–Crippen MR) is 117 cm³/mol. The van der Waals surface area contributed by atoms with Crippen molar-refractivity contribution in [2.75, 3.05) is 44.9 Å². The maximum Gasteiger partial charge on any atom is 0.231 e. The molecule has 1 aromatic carbocycles. The molecule has 1 saturated heterocycles. The van der Waals surface area contributed by atoms with Crippen molar-refractivity contribution in [3.05, 3.63) is 54.9 Å². The van der Waals surface area contributed by atoms with Gasteiger partial charge in [-0.2, -0.15) is 0 Å². The number of anilines is 1. The van der Waals surface area contributed by atoms with Gasteiger partial charge in [0.2, 0.25) is 6.79 Å². The molecule has 0 aliphatic carbocycles. The molecule has 2 aliphatic rings. The summed E-state index contributed by atoms with van der Waals surface area (Å²) < 4.78 is 13.3. The number of imidazole rings is 1. The molecule has 6 rings (SSSR count). The van der Waals surface area contributed by atoms with Crippen LogP contribution in [0.5, 0.6) is 11.5 Å². The normalized spacial score (nSPS) is 16.2. The van der Waals surface area contributed by atoms with Gasteiger partial charge in [-0.3, -0.25) is 4.98 Å². The first-order valence-electron chi connectivity index (χ1n) is 10.4. The Labute approximate surface area is 179 Å². The molecular formula is C23H22N6O2. The first-order valence-corrected chi connectivity index (χ1v) is 10.4. The lowest BCUT2D eigenvalue weighted by Crippen LogP contribution is -2.44. The van der Waals surface area contributed by atoms with Gasteiger partial charge in [-0.1, -0.05) is 6.07 Å². The standard InChI is InChI=1S/C23H22N6O2/c1-27-10-12-28(13-11-27)20-8-7-19-25-21(17-5-2-6-18-23(17)31-15-30-18)22(29(19)26-20)16-4-3-9-24-14-16/h2-9,14H,10-13,15H2,1H3. The van der Waals surface area contributed by atoms with E-state index in [-0.39, 0.29) is 6.79 Å². The SMILES string of the molecule is CN1CCN(c2ccc3nc(-c4cccc5c4OCO5)c(-c4cccnc4)n3n2)CC1. The number of pyridine rings is 1. The number of benzene rings is 1. The zero-order valence-electron chi connectivity index (χ0n) is 17.2. The quantitative estimate of drug-likeness (QED) is 0.511. The molecule has 0 saturated carbocycles. The summed E-state index contributed by atoms with van der Waals surface area (Å²) >= 11 is 0. The van der Waals surface area contributed by atoms with Crippen molar-refractivity contribution in [2.24, 2.45) is 0 Å². The van der Waals surface area contributed by atoms with Gasteiger partial charge >= 0.3 is 0 Å². The highest BCUT2D eigenvalue weighted by Crippen LogP contribution is 2.44. The Morgan fingerprint density at radius 3 is 2.68 bits per heavy atom. The molecule has 4 aromatic rings. The van der Waals surface area contributed by atoms with E-state index >= 15 is 0 Å². The summed E-state index contributed by atoms with van der Waals surface area (Å²) in [5.41, 5.74) is 4.31. The molecule has 5 heterocycles. The molecule has 156 valence electrons. The van der Waals surface area contributed by atoms with E-state index in [2.05, 4.69) is 27.9 Å². The second-order valence-electron chi connectivity index (χ2n) is 7.84. The van der Waals surface area contributed by atoms with Crippen LogP contribution < -0.4 is 14.4 Å². The van der Waals surface area contributed by atoms with Crippen molar-refractivity contribution in [1.82, 2.24) is 24.5 Å². The largest absolute Gasteiger partial charge is 0.454 e. The third kappa shape index (κ3) is 3.07. The Morgan fingerprint density at radius 2 is 1.84 bits per heavy atom. The van der Waals surface area contributed by atoms with Crippen molar-refractivity contribution in [3.63, 3.8) is 0 Å². The van der Waals surface area contributed by atoms with Gasteiger partial charge < -0.3 is 19.3 Å². The molecule has 0 amide bonds. The molecule has 8 heteroatoms. The minimum Gasteiger partial charge on any atom is -0.454 e. The van der Waals surface area contributed by atoms with Crippen LogP contribution in [0.4, 0.5) is 5.82 Å². The monoisotopic (exact) mass is 414 g/mol. The highest BCUT2D eigenvalue weighted by atomic mass is 16.7. The van der Waals surface area contributed by atoms with Gasteiger partial charge in [0.25, 0.3) is 0 Å². The van der Waals surface area contributed by atoms with E-state index in [9.17, 15) is 0 Å². The molecule has 3 aromatic heterocycles. The molecule has 31 heavy (non-hydrogen) atoms.